The number of benzene rings is 2. The smallest absolute Gasteiger partial charge is 0.242 e. The van der Waals surface area contributed by atoms with E-state index in [1.54, 1.807) is 11.8 Å². The molecule has 1 N–H and O–H groups in total. The molecule has 2 aromatic rings. The molecule has 0 aliphatic rings. The van der Waals surface area contributed by atoms with Crippen LogP contribution < -0.4 is 5.32 Å². The average Bonchev–Trinajstić information content (AvgIpc) is 2.58. The van der Waals surface area contributed by atoms with Crippen molar-refractivity contribution in [1.82, 2.24) is 10.2 Å². The Kier molecular flexibility index (Phi) is 7.60. The van der Waals surface area contributed by atoms with Gasteiger partial charge in [0.1, 0.15) is 6.04 Å². The zero-order valence-corrected chi connectivity index (χ0v) is 18.0. The fourth-order valence-electron chi connectivity index (χ4n) is 3.18. The van der Waals surface area contributed by atoms with Gasteiger partial charge in [-0.25, -0.2) is 0 Å². The topological polar surface area (TPSA) is 49.4 Å². The molecule has 144 valence electrons. The zero-order valence-electron chi connectivity index (χ0n) is 16.4. The molecule has 0 unspecified atom stereocenters. The lowest BCUT2D eigenvalue weighted by Crippen LogP contribution is -2.48. The predicted molar refractivity (Wildman–Crippen MR) is 112 cm³/mol. The highest BCUT2D eigenvalue weighted by Crippen LogP contribution is 2.17. The molecular formula is C22H27BrN2O2. The average molecular weight is 431 g/mol. The first kappa shape index (κ1) is 21.2. The molecule has 0 bridgehead atoms. The first-order valence-corrected chi connectivity index (χ1v) is 9.98. The lowest BCUT2D eigenvalue weighted by atomic mass is 10.0. The van der Waals surface area contributed by atoms with Crippen LogP contribution in [0.2, 0.25) is 0 Å². The fraction of sp³-hybridized carbons (Fsp3) is 0.364. The van der Waals surface area contributed by atoms with E-state index in [1.807, 2.05) is 57.2 Å². The number of nitrogens with one attached hydrogen (secondary N) is 1. The zero-order chi connectivity index (χ0) is 20.0. The summed E-state index contributed by atoms with van der Waals surface area (Å²) in [6, 6.07) is 13.4. The molecule has 0 fully saturated rings. The Morgan fingerprint density at radius 2 is 1.74 bits per heavy atom. The number of carbonyl (C=O) groups excluding carboxylic acids is 2. The highest BCUT2D eigenvalue weighted by molar-refractivity contribution is 9.10. The molecule has 5 heteroatoms. The van der Waals surface area contributed by atoms with Gasteiger partial charge in [0.05, 0.1) is 6.42 Å². The maximum absolute atomic E-state index is 13.1. The Bertz CT molecular complexity index is 799. The number of aryl methyl sites for hydroxylation is 2. The van der Waals surface area contributed by atoms with Crippen LogP contribution in [0.3, 0.4) is 0 Å². The van der Waals surface area contributed by atoms with Crippen molar-refractivity contribution in [1.29, 1.82) is 0 Å². The number of carbonyl (C=O) groups is 2. The van der Waals surface area contributed by atoms with E-state index in [0.29, 0.717) is 13.1 Å². The van der Waals surface area contributed by atoms with Gasteiger partial charge in [-0.05, 0) is 51.0 Å². The second-order valence-corrected chi connectivity index (χ2v) is 7.81. The molecular weight excluding hydrogens is 404 g/mol. The van der Waals surface area contributed by atoms with Crippen LogP contribution in [0.1, 0.15) is 36.1 Å². The molecule has 4 nitrogen and oxygen atoms in total. The van der Waals surface area contributed by atoms with Crippen LogP contribution in [0.4, 0.5) is 0 Å². The van der Waals surface area contributed by atoms with E-state index in [1.165, 1.54) is 0 Å². The van der Waals surface area contributed by atoms with Gasteiger partial charge in [0.2, 0.25) is 11.8 Å². The SMILES string of the molecule is CCNC(=O)[C@H](C)N(Cc1cccc(Br)c1)C(=O)Cc1cc(C)cc(C)c1. The number of hydrogen-bond donors (Lipinski definition) is 1. The molecule has 2 aromatic carbocycles. The lowest BCUT2D eigenvalue weighted by Gasteiger charge is -2.29. The maximum Gasteiger partial charge on any atom is 0.242 e. The van der Waals surface area contributed by atoms with Crippen LogP contribution in [0.25, 0.3) is 0 Å². The van der Waals surface area contributed by atoms with Crippen molar-refractivity contribution in [2.45, 2.75) is 46.7 Å². The van der Waals surface area contributed by atoms with E-state index in [4.69, 9.17) is 0 Å². The number of halogens is 1. The van der Waals surface area contributed by atoms with Crippen LogP contribution in [0, 0.1) is 13.8 Å². The van der Waals surface area contributed by atoms with Crippen LogP contribution in [0.15, 0.2) is 46.9 Å². The first-order chi connectivity index (χ1) is 12.8. The molecule has 0 aliphatic carbocycles. The first-order valence-electron chi connectivity index (χ1n) is 9.19. The summed E-state index contributed by atoms with van der Waals surface area (Å²) in [5.74, 6) is -0.194. The van der Waals surface area contributed by atoms with Crippen molar-refractivity contribution in [2.75, 3.05) is 6.54 Å². The van der Waals surface area contributed by atoms with Gasteiger partial charge in [-0.1, -0.05) is 57.4 Å². The van der Waals surface area contributed by atoms with Gasteiger partial charge >= 0.3 is 0 Å². The summed E-state index contributed by atoms with van der Waals surface area (Å²) in [4.78, 5) is 27.2. The molecule has 0 heterocycles. The minimum absolute atomic E-state index is 0.0567. The number of rotatable bonds is 7. The van der Waals surface area contributed by atoms with E-state index in [9.17, 15) is 9.59 Å². The van der Waals surface area contributed by atoms with Crippen LogP contribution in [0.5, 0.6) is 0 Å². The summed E-state index contributed by atoms with van der Waals surface area (Å²) in [6.07, 6.45) is 0.278. The van der Waals surface area contributed by atoms with E-state index in [-0.39, 0.29) is 18.2 Å². The molecule has 0 saturated carbocycles. The second kappa shape index (κ2) is 9.70. The highest BCUT2D eigenvalue weighted by Gasteiger charge is 2.26. The molecule has 2 rings (SSSR count). The second-order valence-electron chi connectivity index (χ2n) is 6.89. The van der Waals surface area contributed by atoms with Gasteiger partial charge in [0.25, 0.3) is 0 Å². The Morgan fingerprint density at radius 3 is 2.33 bits per heavy atom. The molecule has 0 spiro atoms. The molecule has 0 aromatic heterocycles. The van der Waals surface area contributed by atoms with Gasteiger partial charge in [-0.15, -0.1) is 0 Å². The van der Waals surface area contributed by atoms with Gasteiger partial charge in [0.15, 0.2) is 0 Å². The number of likely N-dealkylation sites (N-methyl/N-ethyl adjacent to an activating group) is 1. The Labute approximate surface area is 170 Å². The van der Waals surface area contributed by atoms with Gasteiger partial charge in [-0.3, -0.25) is 9.59 Å². The summed E-state index contributed by atoms with van der Waals surface area (Å²) >= 11 is 3.47. The number of amides is 2. The summed E-state index contributed by atoms with van der Waals surface area (Å²) < 4.78 is 0.951. The molecule has 0 aliphatic heterocycles. The van der Waals surface area contributed by atoms with Crippen LogP contribution >= 0.6 is 15.9 Å². The third kappa shape index (κ3) is 6.21. The fourth-order valence-corrected chi connectivity index (χ4v) is 3.63. The minimum atomic E-state index is -0.540. The summed E-state index contributed by atoms with van der Waals surface area (Å²) in [5.41, 5.74) is 4.22. The summed E-state index contributed by atoms with van der Waals surface area (Å²) in [7, 11) is 0. The standard InChI is InChI=1S/C22H27BrN2O2/c1-5-24-22(27)17(4)25(14-18-7-6-8-20(23)12-18)21(26)13-19-10-15(2)9-16(3)11-19/h6-12,17H,5,13-14H2,1-4H3,(H,24,27)/t17-/m0/s1. The van der Waals surface area contributed by atoms with Gasteiger partial charge < -0.3 is 10.2 Å². The summed E-state index contributed by atoms with van der Waals surface area (Å²) in [6.45, 7) is 8.64. The lowest BCUT2D eigenvalue weighted by molar-refractivity contribution is -0.140. The van der Waals surface area contributed by atoms with Crippen molar-refractivity contribution < 1.29 is 9.59 Å². The largest absolute Gasteiger partial charge is 0.355 e. The molecule has 27 heavy (non-hydrogen) atoms. The van der Waals surface area contributed by atoms with Crippen molar-refractivity contribution in [2.24, 2.45) is 0 Å². The van der Waals surface area contributed by atoms with Crippen molar-refractivity contribution in [3.05, 3.63) is 69.2 Å². The highest BCUT2D eigenvalue weighted by atomic mass is 79.9. The molecule has 1 atom stereocenters. The third-order valence-corrected chi connectivity index (χ3v) is 4.89. The minimum Gasteiger partial charge on any atom is -0.355 e. The van der Waals surface area contributed by atoms with Crippen molar-refractivity contribution in [3.63, 3.8) is 0 Å². The van der Waals surface area contributed by atoms with Crippen molar-refractivity contribution in [3.8, 4) is 0 Å². The van der Waals surface area contributed by atoms with E-state index < -0.39 is 6.04 Å². The quantitative estimate of drug-likeness (QED) is 0.716. The Hall–Kier alpha value is -2.14. The normalized spacial score (nSPS) is 11.7. The van der Waals surface area contributed by atoms with Gasteiger partial charge in [-0.2, -0.15) is 0 Å². The van der Waals surface area contributed by atoms with E-state index in [2.05, 4.69) is 27.3 Å². The number of nitrogens with zero attached hydrogens (tertiary/aromatic N) is 1. The van der Waals surface area contributed by atoms with Crippen LogP contribution in [-0.4, -0.2) is 29.3 Å². The monoisotopic (exact) mass is 430 g/mol. The van der Waals surface area contributed by atoms with E-state index >= 15 is 0 Å². The third-order valence-electron chi connectivity index (χ3n) is 4.40. The van der Waals surface area contributed by atoms with Gasteiger partial charge in [0, 0.05) is 17.6 Å². The van der Waals surface area contributed by atoms with E-state index in [0.717, 1.165) is 26.7 Å². The molecule has 0 radical (unpaired) electrons. The van der Waals surface area contributed by atoms with Crippen molar-refractivity contribution >= 4 is 27.7 Å². The summed E-state index contributed by atoms with van der Waals surface area (Å²) in [5, 5.41) is 2.82. The predicted octanol–water partition coefficient (Wildman–Crippen LogP) is 4.16. The molecule has 2 amide bonds. The Morgan fingerprint density at radius 1 is 1.07 bits per heavy atom. The maximum atomic E-state index is 13.1. The molecule has 0 saturated heterocycles. The Balaban J connectivity index is 2.26. The van der Waals surface area contributed by atoms with Crippen LogP contribution in [-0.2, 0) is 22.6 Å². The number of hydrogen-bond acceptors (Lipinski definition) is 2.